The van der Waals surface area contributed by atoms with Gasteiger partial charge in [-0.2, -0.15) is 0 Å². The monoisotopic (exact) mass is 227 g/mol. The number of nitrogens with one attached hydrogen (secondary N) is 1. The van der Waals surface area contributed by atoms with Crippen LogP contribution in [-0.4, -0.2) is 18.7 Å². The van der Waals surface area contributed by atoms with Crippen LogP contribution >= 0.6 is 0 Å². The Balaban J connectivity index is 2.19. The number of benzene rings is 2. The first-order valence-corrected chi connectivity index (χ1v) is 5.79. The Morgan fingerprint density at radius 3 is 2.12 bits per heavy atom. The molecule has 0 aliphatic carbocycles. The minimum atomic E-state index is -0.440. The smallest absolute Gasteiger partial charge is 0.0914 e. The summed E-state index contributed by atoms with van der Waals surface area (Å²) in [6.07, 6.45) is -0.440. The summed E-state index contributed by atoms with van der Waals surface area (Å²) >= 11 is 0. The highest BCUT2D eigenvalue weighted by molar-refractivity contribution is 5.63. The number of aliphatic hydroxyl groups is 1. The van der Waals surface area contributed by atoms with E-state index < -0.39 is 6.10 Å². The lowest BCUT2D eigenvalue weighted by Gasteiger charge is -2.10. The summed E-state index contributed by atoms with van der Waals surface area (Å²) in [4.78, 5) is 0. The first-order valence-electron chi connectivity index (χ1n) is 5.79. The molecule has 0 heterocycles. The third kappa shape index (κ3) is 2.93. The van der Waals surface area contributed by atoms with Crippen molar-refractivity contribution in [2.75, 3.05) is 13.6 Å². The summed E-state index contributed by atoms with van der Waals surface area (Å²) in [6.45, 7) is 0.574. The lowest BCUT2D eigenvalue weighted by atomic mass is 10.0. The predicted octanol–water partition coefficient (Wildman–Crippen LogP) is 2.61. The second-order valence-electron chi connectivity index (χ2n) is 4.06. The Hall–Kier alpha value is -1.64. The van der Waals surface area contributed by atoms with E-state index in [9.17, 15) is 5.11 Å². The van der Waals surface area contributed by atoms with E-state index in [1.54, 1.807) is 0 Å². The van der Waals surface area contributed by atoms with Crippen LogP contribution in [0, 0.1) is 0 Å². The average Bonchev–Trinajstić information content (AvgIpc) is 2.40. The van der Waals surface area contributed by atoms with E-state index in [2.05, 4.69) is 17.4 Å². The molecule has 0 aromatic heterocycles. The van der Waals surface area contributed by atoms with Crippen LogP contribution in [0.2, 0.25) is 0 Å². The molecule has 0 aliphatic heterocycles. The highest BCUT2D eigenvalue weighted by Gasteiger charge is 2.05. The predicted molar refractivity (Wildman–Crippen MR) is 70.8 cm³/mol. The number of aliphatic hydroxyl groups excluding tert-OH is 1. The molecule has 2 heteroatoms. The van der Waals surface area contributed by atoms with Gasteiger partial charge in [0.05, 0.1) is 6.10 Å². The summed E-state index contributed by atoms with van der Waals surface area (Å²) in [5.74, 6) is 0. The van der Waals surface area contributed by atoms with Crippen LogP contribution in [0.1, 0.15) is 11.7 Å². The van der Waals surface area contributed by atoms with Crippen molar-refractivity contribution in [3.05, 3.63) is 60.2 Å². The molecule has 17 heavy (non-hydrogen) atoms. The normalized spacial score (nSPS) is 12.4. The van der Waals surface area contributed by atoms with E-state index in [-0.39, 0.29) is 0 Å². The molecular weight excluding hydrogens is 210 g/mol. The quantitative estimate of drug-likeness (QED) is 0.841. The molecule has 88 valence electrons. The average molecular weight is 227 g/mol. The highest BCUT2D eigenvalue weighted by Crippen LogP contribution is 2.21. The van der Waals surface area contributed by atoms with Crippen molar-refractivity contribution in [2.45, 2.75) is 6.10 Å². The zero-order chi connectivity index (χ0) is 12.1. The molecule has 1 atom stereocenters. The summed E-state index contributed by atoms with van der Waals surface area (Å²) in [6, 6.07) is 18.3. The lowest BCUT2D eigenvalue weighted by Crippen LogP contribution is -2.16. The van der Waals surface area contributed by atoms with E-state index in [0.717, 1.165) is 5.56 Å². The van der Waals surface area contributed by atoms with Gasteiger partial charge in [0.15, 0.2) is 0 Å². The second kappa shape index (κ2) is 5.62. The minimum absolute atomic E-state index is 0.440. The highest BCUT2D eigenvalue weighted by atomic mass is 16.3. The topological polar surface area (TPSA) is 32.3 Å². The largest absolute Gasteiger partial charge is 0.387 e. The van der Waals surface area contributed by atoms with Crippen LogP contribution in [0.4, 0.5) is 0 Å². The van der Waals surface area contributed by atoms with Crippen LogP contribution in [0.5, 0.6) is 0 Å². The Morgan fingerprint density at radius 2 is 1.53 bits per heavy atom. The molecular formula is C15H17NO. The van der Waals surface area contributed by atoms with Gasteiger partial charge in [-0.3, -0.25) is 0 Å². The van der Waals surface area contributed by atoms with Crippen LogP contribution < -0.4 is 5.32 Å². The first kappa shape index (κ1) is 11.8. The number of rotatable bonds is 4. The minimum Gasteiger partial charge on any atom is -0.387 e. The summed E-state index contributed by atoms with van der Waals surface area (Å²) in [5, 5.41) is 12.8. The van der Waals surface area contributed by atoms with E-state index >= 15 is 0 Å². The fourth-order valence-corrected chi connectivity index (χ4v) is 1.84. The van der Waals surface area contributed by atoms with Crippen molar-refractivity contribution in [3.8, 4) is 11.1 Å². The van der Waals surface area contributed by atoms with Crippen molar-refractivity contribution in [1.29, 1.82) is 0 Å². The first-order chi connectivity index (χ1) is 8.31. The van der Waals surface area contributed by atoms with Gasteiger partial charge in [-0.15, -0.1) is 0 Å². The second-order valence-corrected chi connectivity index (χ2v) is 4.06. The van der Waals surface area contributed by atoms with E-state index in [1.165, 1.54) is 11.1 Å². The molecule has 0 saturated carbocycles. The van der Waals surface area contributed by atoms with Gasteiger partial charge in [0.2, 0.25) is 0 Å². The summed E-state index contributed by atoms with van der Waals surface area (Å²) in [5.41, 5.74) is 3.31. The molecule has 2 aromatic carbocycles. The molecule has 0 bridgehead atoms. The maximum absolute atomic E-state index is 9.82. The standard InChI is InChI=1S/C15H17NO/c1-16-11-15(17)14-9-7-13(8-10-14)12-5-3-2-4-6-12/h2-10,15-17H,11H2,1H3. The molecule has 0 amide bonds. The van der Waals surface area contributed by atoms with Gasteiger partial charge in [-0.05, 0) is 23.7 Å². The fraction of sp³-hybridized carbons (Fsp3) is 0.200. The van der Waals surface area contributed by atoms with Crippen molar-refractivity contribution in [2.24, 2.45) is 0 Å². The molecule has 0 fully saturated rings. The van der Waals surface area contributed by atoms with E-state index in [0.29, 0.717) is 6.54 Å². The molecule has 0 aliphatic rings. The molecule has 2 N–H and O–H groups in total. The molecule has 2 rings (SSSR count). The molecule has 0 radical (unpaired) electrons. The van der Waals surface area contributed by atoms with Gasteiger partial charge in [-0.25, -0.2) is 0 Å². The zero-order valence-electron chi connectivity index (χ0n) is 9.93. The Bertz CT molecular complexity index is 450. The Kier molecular flexibility index (Phi) is 3.91. The number of hydrogen-bond acceptors (Lipinski definition) is 2. The van der Waals surface area contributed by atoms with Crippen LogP contribution in [0.25, 0.3) is 11.1 Å². The molecule has 0 saturated heterocycles. The lowest BCUT2D eigenvalue weighted by molar-refractivity contribution is 0.178. The van der Waals surface area contributed by atoms with Gasteiger partial charge in [0.25, 0.3) is 0 Å². The SMILES string of the molecule is CNCC(O)c1ccc(-c2ccccc2)cc1. The Morgan fingerprint density at radius 1 is 0.941 bits per heavy atom. The fourth-order valence-electron chi connectivity index (χ4n) is 1.84. The van der Waals surface area contributed by atoms with Gasteiger partial charge in [0, 0.05) is 6.54 Å². The van der Waals surface area contributed by atoms with Gasteiger partial charge in [-0.1, -0.05) is 54.6 Å². The van der Waals surface area contributed by atoms with Crippen molar-refractivity contribution in [1.82, 2.24) is 5.32 Å². The van der Waals surface area contributed by atoms with Crippen LogP contribution in [0.3, 0.4) is 0 Å². The molecule has 0 spiro atoms. The van der Waals surface area contributed by atoms with Gasteiger partial charge >= 0.3 is 0 Å². The maximum Gasteiger partial charge on any atom is 0.0914 e. The van der Waals surface area contributed by atoms with Crippen molar-refractivity contribution >= 4 is 0 Å². The summed E-state index contributed by atoms with van der Waals surface area (Å²) in [7, 11) is 1.83. The third-order valence-corrected chi connectivity index (χ3v) is 2.80. The third-order valence-electron chi connectivity index (χ3n) is 2.80. The summed E-state index contributed by atoms with van der Waals surface area (Å²) < 4.78 is 0. The van der Waals surface area contributed by atoms with Gasteiger partial charge < -0.3 is 10.4 Å². The number of hydrogen-bond donors (Lipinski definition) is 2. The molecule has 2 nitrogen and oxygen atoms in total. The van der Waals surface area contributed by atoms with Crippen molar-refractivity contribution < 1.29 is 5.11 Å². The van der Waals surface area contributed by atoms with E-state index in [1.807, 2.05) is 49.5 Å². The number of likely N-dealkylation sites (N-methyl/N-ethyl adjacent to an activating group) is 1. The van der Waals surface area contributed by atoms with E-state index in [4.69, 9.17) is 0 Å². The molecule has 1 unspecified atom stereocenters. The van der Waals surface area contributed by atoms with Crippen LogP contribution in [-0.2, 0) is 0 Å². The maximum atomic E-state index is 9.82. The van der Waals surface area contributed by atoms with Gasteiger partial charge in [0.1, 0.15) is 0 Å². The van der Waals surface area contributed by atoms with Crippen molar-refractivity contribution in [3.63, 3.8) is 0 Å². The molecule has 2 aromatic rings. The Labute approximate surface area is 102 Å². The van der Waals surface area contributed by atoms with Crippen LogP contribution in [0.15, 0.2) is 54.6 Å². The zero-order valence-corrected chi connectivity index (χ0v) is 9.93.